The van der Waals surface area contributed by atoms with Crippen LogP contribution in [0.5, 0.6) is 0 Å². The second kappa shape index (κ2) is 7.03. The van der Waals surface area contributed by atoms with Gasteiger partial charge in [-0.1, -0.05) is 0 Å². The van der Waals surface area contributed by atoms with E-state index in [-0.39, 0.29) is 24.1 Å². The van der Waals surface area contributed by atoms with Gasteiger partial charge in [0, 0.05) is 17.3 Å². The van der Waals surface area contributed by atoms with Gasteiger partial charge in [0.15, 0.2) is 5.65 Å². The molecule has 1 saturated heterocycles. The Labute approximate surface area is 145 Å². The van der Waals surface area contributed by atoms with Crippen LogP contribution in [-0.2, 0) is 11.3 Å². The van der Waals surface area contributed by atoms with E-state index in [2.05, 4.69) is 27.3 Å². The number of rotatable bonds is 4. The summed E-state index contributed by atoms with van der Waals surface area (Å²) in [6.45, 7) is 5.21. The molecule has 3 rings (SSSR count). The van der Waals surface area contributed by atoms with Crippen LogP contribution in [0.4, 0.5) is 8.78 Å². The molecule has 0 radical (unpaired) electrons. The Kier molecular flexibility index (Phi) is 4.99. The molecule has 1 aliphatic rings. The number of carbonyl (C=O) groups excluding carboxylic acids is 1. The fraction of sp³-hybridized carbons (Fsp3) is 0.588. The first-order chi connectivity index (χ1) is 11.8. The van der Waals surface area contributed by atoms with E-state index >= 15 is 0 Å². The number of hydrogen-bond acceptors (Lipinski definition) is 4. The first-order valence-corrected chi connectivity index (χ1v) is 8.46. The minimum absolute atomic E-state index is 0.0180. The second-order valence-electron chi connectivity index (χ2n) is 6.74. The third-order valence-electron chi connectivity index (χ3n) is 4.65. The van der Waals surface area contributed by atoms with Crippen molar-refractivity contribution in [1.29, 1.82) is 0 Å². The average Bonchev–Trinajstić information content (AvgIpc) is 2.84. The number of fused-ring (bicyclic) bond motifs is 1. The van der Waals surface area contributed by atoms with Gasteiger partial charge in [0.25, 0.3) is 6.43 Å². The molecule has 2 aromatic rings. The van der Waals surface area contributed by atoms with Crippen molar-refractivity contribution in [2.75, 3.05) is 20.1 Å². The Bertz CT molecular complexity index is 781. The number of alkyl halides is 2. The lowest BCUT2D eigenvalue weighted by molar-refractivity contribution is -0.122. The van der Waals surface area contributed by atoms with Crippen molar-refractivity contribution < 1.29 is 13.6 Å². The number of halogens is 2. The Morgan fingerprint density at radius 3 is 2.68 bits per heavy atom. The number of carbonyl (C=O) groups is 1. The summed E-state index contributed by atoms with van der Waals surface area (Å²) >= 11 is 0. The number of nitrogens with zero attached hydrogens (tertiary/aromatic N) is 4. The van der Waals surface area contributed by atoms with Crippen LogP contribution in [0.25, 0.3) is 11.0 Å². The van der Waals surface area contributed by atoms with Crippen molar-refractivity contribution in [3.05, 3.63) is 23.0 Å². The fourth-order valence-corrected chi connectivity index (χ4v) is 3.36. The summed E-state index contributed by atoms with van der Waals surface area (Å²) in [4.78, 5) is 18.9. The lowest BCUT2D eigenvalue weighted by Gasteiger charge is -2.29. The molecule has 0 spiro atoms. The van der Waals surface area contributed by atoms with Crippen LogP contribution in [0.1, 0.15) is 36.2 Å². The molecule has 6 nitrogen and oxygen atoms in total. The Balaban J connectivity index is 1.81. The highest BCUT2D eigenvalue weighted by Gasteiger charge is 2.22. The van der Waals surface area contributed by atoms with E-state index in [1.165, 1.54) is 10.7 Å². The van der Waals surface area contributed by atoms with Crippen LogP contribution >= 0.6 is 0 Å². The number of aromatic nitrogens is 3. The maximum absolute atomic E-state index is 13.3. The van der Waals surface area contributed by atoms with Crippen LogP contribution < -0.4 is 5.32 Å². The topological polar surface area (TPSA) is 63.1 Å². The van der Waals surface area contributed by atoms with E-state index in [0.717, 1.165) is 25.9 Å². The highest BCUT2D eigenvalue weighted by Crippen LogP contribution is 2.29. The molecule has 25 heavy (non-hydrogen) atoms. The van der Waals surface area contributed by atoms with Gasteiger partial charge < -0.3 is 10.2 Å². The van der Waals surface area contributed by atoms with Gasteiger partial charge in [0.2, 0.25) is 5.91 Å². The molecule has 0 aliphatic carbocycles. The molecule has 136 valence electrons. The number of likely N-dealkylation sites (tertiary alicyclic amines) is 1. The SMILES string of the molecule is Cc1cc(C(F)F)c2c(C)nn(CC(=O)NC3CCN(C)CC3)c2n1. The lowest BCUT2D eigenvalue weighted by atomic mass is 10.1. The van der Waals surface area contributed by atoms with Crippen molar-refractivity contribution >= 4 is 16.9 Å². The van der Waals surface area contributed by atoms with Crippen molar-refractivity contribution in [2.24, 2.45) is 0 Å². The minimum atomic E-state index is -2.60. The minimum Gasteiger partial charge on any atom is -0.352 e. The molecule has 2 aromatic heterocycles. The number of pyridine rings is 1. The predicted octanol–water partition coefficient (Wildman–Crippen LogP) is 2.20. The summed E-state index contributed by atoms with van der Waals surface area (Å²) in [5.74, 6) is -0.166. The van der Waals surface area contributed by atoms with Crippen molar-refractivity contribution in [1.82, 2.24) is 25.0 Å². The van der Waals surface area contributed by atoms with Gasteiger partial charge in [-0.15, -0.1) is 0 Å². The number of aryl methyl sites for hydroxylation is 2. The molecular formula is C17H23F2N5O. The number of piperidine rings is 1. The van der Waals surface area contributed by atoms with Crippen LogP contribution in [0.2, 0.25) is 0 Å². The predicted molar refractivity (Wildman–Crippen MR) is 90.6 cm³/mol. The Morgan fingerprint density at radius 2 is 2.04 bits per heavy atom. The number of nitrogens with one attached hydrogen (secondary N) is 1. The molecule has 1 fully saturated rings. The molecular weight excluding hydrogens is 328 g/mol. The van der Waals surface area contributed by atoms with E-state index in [4.69, 9.17) is 0 Å². The first kappa shape index (κ1) is 17.7. The zero-order valence-corrected chi connectivity index (χ0v) is 14.7. The summed E-state index contributed by atoms with van der Waals surface area (Å²) in [6.07, 6.45) is -0.782. The largest absolute Gasteiger partial charge is 0.352 e. The summed E-state index contributed by atoms with van der Waals surface area (Å²) in [5, 5.41) is 7.62. The smallest absolute Gasteiger partial charge is 0.264 e. The average molecular weight is 351 g/mol. The molecule has 0 unspecified atom stereocenters. The van der Waals surface area contributed by atoms with Gasteiger partial charge in [-0.25, -0.2) is 18.4 Å². The van der Waals surface area contributed by atoms with Gasteiger partial charge in [-0.2, -0.15) is 5.10 Å². The number of amides is 1. The number of hydrogen-bond donors (Lipinski definition) is 1. The van der Waals surface area contributed by atoms with Crippen LogP contribution in [0.3, 0.4) is 0 Å². The standard InChI is InChI=1S/C17H23F2N5O/c1-10-8-13(16(18)19)15-11(2)22-24(17(15)20-10)9-14(25)21-12-4-6-23(3)7-5-12/h8,12,16H,4-7,9H2,1-3H3,(H,21,25). The van der Waals surface area contributed by atoms with Crippen molar-refractivity contribution in [3.8, 4) is 0 Å². The van der Waals surface area contributed by atoms with Crippen LogP contribution in [0.15, 0.2) is 6.07 Å². The van der Waals surface area contributed by atoms with Gasteiger partial charge in [-0.05, 0) is 52.9 Å². The third kappa shape index (κ3) is 3.78. The highest BCUT2D eigenvalue weighted by molar-refractivity contribution is 5.84. The molecule has 0 aromatic carbocycles. The van der Waals surface area contributed by atoms with Crippen molar-refractivity contribution in [2.45, 2.75) is 45.7 Å². The normalized spacial score (nSPS) is 16.7. The summed E-state index contributed by atoms with van der Waals surface area (Å²) in [5.41, 5.74) is 1.21. The maximum atomic E-state index is 13.3. The van der Waals surface area contributed by atoms with E-state index in [9.17, 15) is 13.6 Å². The van der Waals surface area contributed by atoms with E-state index in [1.54, 1.807) is 13.8 Å². The Hall–Kier alpha value is -2.09. The quantitative estimate of drug-likeness (QED) is 0.917. The summed E-state index contributed by atoms with van der Waals surface area (Å²) < 4.78 is 28.1. The molecule has 3 heterocycles. The summed E-state index contributed by atoms with van der Waals surface area (Å²) in [6, 6.07) is 1.53. The summed E-state index contributed by atoms with van der Waals surface area (Å²) in [7, 11) is 2.06. The molecule has 1 aliphatic heterocycles. The lowest BCUT2D eigenvalue weighted by Crippen LogP contribution is -2.44. The second-order valence-corrected chi connectivity index (χ2v) is 6.74. The Morgan fingerprint density at radius 1 is 1.36 bits per heavy atom. The third-order valence-corrected chi connectivity index (χ3v) is 4.65. The molecule has 1 amide bonds. The molecule has 0 bridgehead atoms. The van der Waals surface area contributed by atoms with Crippen molar-refractivity contribution in [3.63, 3.8) is 0 Å². The molecule has 1 N–H and O–H groups in total. The van der Waals surface area contributed by atoms with Gasteiger partial charge in [0.05, 0.1) is 11.1 Å². The van der Waals surface area contributed by atoms with Crippen LogP contribution in [-0.4, -0.2) is 51.8 Å². The van der Waals surface area contributed by atoms with Crippen LogP contribution in [0, 0.1) is 13.8 Å². The van der Waals surface area contributed by atoms with E-state index in [1.807, 2.05) is 0 Å². The highest BCUT2D eigenvalue weighted by atomic mass is 19.3. The monoisotopic (exact) mass is 351 g/mol. The van der Waals surface area contributed by atoms with Gasteiger partial charge in [-0.3, -0.25) is 4.79 Å². The maximum Gasteiger partial charge on any atom is 0.264 e. The molecule has 8 heteroatoms. The molecule has 0 saturated carbocycles. The zero-order chi connectivity index (χ0) is 18.1. The van der Waals surface area contributed by atoms with Gasteiger partial charge >= 0.3 is 0 Å². The van der Waals surface area contributed by atoms with Gasteiger partial charge in [0.1, 0.15) is 6.54 Å². The zero-order valence-electron chi connectivity index (χ0n) is 14.7. The first-order valence-electron chi connectivity index (χ1n) is 8.46. The fourth-order valence-electron chi connectivity index (χ4n) is 3.36. The molecule has 0 atom stereocenters. The van der Waals surface area contributed by atoms with E-state index < -0.39 is 6.43 Å². The van der Waals surface area contributed by atoms with E-state index in [0.29, 0.717) is 22.4 Å².